The van der Waals surface area contributed by atoms with Crippen molar-refractivity contribution in [1.29, 1.82) is 0 Å². The average molecular weight is 315 g/mol. The number of furan rings is 1. The zero-order chi connectivity index (χ0) is 17.0. The van der Waals surface area contributed by atoms with Crippen LogP contribution < -0.4 is 5.32 Å². The molecule has 23 heavy (non-hydrogen) atoms. The van der Waals surface area contributed by atoms with Gasteiger partial charge in [-0.15, -0.1) is 0 Å². The van der Waals surface area contributed by atoms with Crippen LogP contribution in [-0.4, -0.2) is 17.0 Å². The summed E-state index contributed by atoms with van der Waals surface area (Å²) in [6.07, 6.45) is 0.336. The quantitative estimate of drug-likeness (QED) is 0.857. The van der Waals surface area contributed by atoms with Crippen LogP contribution in [0.1, 0.15) is 47.7 Å². The van der Waals surface area contributed by atoms with Crippen LogP contribution in [0, 0.1) is 6.92 Å². The lowest BCUT2D eigenvalue weighted by atomic mass is 9.81. The van der Waals surface area contributed by atoms with Gasteiger partial charge in [-0.1, -0.05) is 44.2 Å². The number of rotatable bonds is 6. The Morgan fingerprint density at radius 2 is 1.87 bits per heavy atom. The highest BCUT2D eigenvalue weighted by Gasteiger charge is 2.24. The van der Waals surface area contributed by atoms with E-state index in [1.807, 2.05) is 44.2 Å². The maximum Gasteiger partial charge on any atom is 0.339 e. The summed E-state index contributed by atoms with van der Waals surface area (Å²) in [5.41, 5.74) is 0.937. The number of amides is 1. The van der Waals surface area contributed by atoms with Crippen molar-refractivity contribution in [2.75, 3.05) is 0 Å². The Labute approximate surface area is 135 Å². The fourth-order valence-electron chi connectivity index (χ4n) is 2.48. The Bertz CT molecular complexity index is 701. The summed E-state index contributed by atoms with van der Waals surface area (Å²) in [6, 6.07) is 11.3. The molecule has 1 aromatic carbocycles. The number of nitrogens with one attached hydrogen (secondary N) is 1. The van der Waals surface area contributed by atoms with E-state index in [0.29, 0.717) is 17.9 Å². The number of benzene rings is 1. The lowest BCUT2D eigenvalue weighted by Crippen LogP contribution is -2.30. The zero-order valence-electron chi connectivity index (χ0n) is 13.6. The highest BCUT2D eigenvalue weighted by molar-refractivity contribution is 5.88. The molecule has 0 radical (unpaired) electrons. The summed E-state index contributed by atoms with van der Waals surface area (Å²) in [6.45, 7) is 5.80. The summed E-state index contributed by atoms with van der Waals surface area (Å²) in [5.74, 6) is -0.365. The van der Waals surface area contributed by atoms with Gasteiger partial charge < -0.3 is 14.8 Å². The van der Waals surface area contributed by atoms with Gasteiger partial charge in [0, 0.05) is 6.42 Å². The normalized spacial score (nSPS) is 11.3. The van der Waals surface area contributed by atoms with Gasteiger partial charge in [0.2, 0.25) is 5.91 Å². The first kappa shape index (κ1) is 16.8. The van der Waals surface area contributed by atoms with Crippen LogP contribution in [0.5, 0.6) is 0 Å². The van der Waals surface area contributed by atoms with Gasteiger partial charge in [0.25, 0.3) is 0 Å². The minimum Gasteiger partial charge on any atom is -0.478 e. The van der Waals surface area contributed by atoms with Crippen LogP contribution in [0.25, 0.3) is 0 Å². The van der Waals surface area contributed by atoms with Crippen molar-refractivity contribution >= 4 is 11.9 Å². The topological polar surface area (TPSA) is 79.5 Å². The lowest BCUT2D eigenvalue weighted by molar-refractivity contribution is -0.122. The van der Waals surface area contributed by atoms with Crippen molar-refractivity contribution in [2.24, 2.45) is 0 Å². The van der Waals surface area contributed by atoms with E-state index in [4.69, 9.17) is 9.52 Å². The van der Waals surface area contributed by atoms with Gasteiger partial charge >= 0.3 is 5.97 Å². The van der Waals surface area contributed by atoms with E-state index in [9.17, 15) is 9.59 Å². The first-order chi connectivity index (χ1) is 10.8. The fraction of sp³-hybridized carbons (Fsp3) is 0.333. The minimum atomic E-state index is -1.03. The molecule has 0 aliphatic heterocycles. The fourth-order valence-corrected chi connectivity index (χ4v) is 2.48. The van der Waals surface area contributed by atoms with Gasteiger partial charge in [-0.25, -0.2) is 4.79 Å². The first-order valence-corrected chi connectivity index (χ1v) is 7.44. The summed E-state index contributed by atoms with van der Waals surface area (Å²) in [5, 5.41) is 11.8. The molecular weight excluding hydrogens is 294 g/mol. The molecule has 2 N–H and O–H groups in total. The predicted molar refractivity (Wildman–Crippen MR) is 86.3 cm³/mol. The van der Waals surface area contributed by atoms with Crippen LogP contribution in [0.4, 0.5) is 0 Å². The summed E-state index contributed by atoms with van der Waals surface area (Å²) in [7, 11) is 0. The Morgan fingerprint density at radius 1 is 1.22 bits per heavy atom. The van der Waals surface area contributed by atoms with Gasteiger partial charge in [-0.05, 0) is 24.0 Å². The first-order valence-electron chi connectivity index (χ1n) is 7.44. The number of hydrogen-bond acceptors (Lipinski definition) is 3. The predicted octanol–water partition coefficient (Wildman–Crippen LogP) is 3.27. The number of aromatic carboxylic acids is 1. The second-order valence-corrected chi connectivity index (χ2v) is 6.19. The van der Waals surface area contributed by atoms with Crippen LogP contribution in [0.15, 0.2) is 40.8 Å². The highest BCUT2D eigenvalue weighted by Crippen LogP contribution is 2.26. The summed E-state index contributed by atoms with van der Waals surface area (Å²) >= 11 is 0. The van der Waals surface area contributed by atoms with Gasteiger partial charge in [0.05, 0.1) is 6.54 Å². The molecule has 1 amide bonds. The SMILES string of the molecule is Cc1oc(CNC(=O)CC(C)(C)c2ccccc2)cc1C(=O)O. The summed E-state index contributed by atoms with van der Waals surface area (Å²) in [4.78, 5) is 23.1. The van der Waals surface area contributed by atoms with Crippen molar-refractivity contribution in [2.45, 2.75) is 39.2 Å². The van der Waals surface area contributed by atoms with E-state index in [1.165, 1.54) is 6.07 Å². The van der Waals surface area contributed by atoms with E-state index >= 15 is 0 Å². The molecule has 0 aliphatic carbocycles. The molecule has 0 saturated heterocycles. The molecule has 2 aromatic rings. The zero-order valence-corrected chi connectivity index (χ0v) is 13.6. The van der Waals surface area contributed by atoms with Gasteiger partial charge in [-0.3, -0.25) is 4.79 Å². The highest BCUT2D eigenvalue weighted by atomic mass is 16.4. The maximum atomic E-state index is 12.2. The van der Waals surface area contributed by atoms with Crippen molar-refractivity contribution in [1.82, 2.24) is 5.32 Å². The van der Waals surface area contributed by atoms with E-state index < -0.39 is 5.97 Å². The van der Waals surface area contributed by atoms with E-state index in [-0.39, 0.29) is 23.4 Å². The number of aryl methyl sites for hydroxylation is 1. The summed E-state index contributed by atoms with van der Waals surface area (Å²) < 4.78 is 5.35. The smallest absolute Gasteiger partial charge is 0.339 e. The monoisotopic (exact) mass is 315 g/mol. The van der Waals surface area contributed by atoms with E-state index in [0.717, 1.165) is 5.56 Å². The van der Waals surface area contributed by atoms with Crippen molar-refractivity contribution in [3.05, 3.63) is 59.0 Å². The lowest BCUT2D eigenvalue weighted by Gasteiger charge is -2.24. The molecule has 0 atom stereocenters. The molecule has 5 heteroatoms. The van der Waals surface area contributed by atoms with Crippen molar-refractivity contribution in [3.8, 4) is 0 Å². The van der Waals surface area contributed by atoms with Crippen molar-refractivity contribution < 1.29 is 19.1 Å². The largest absolute Gasteiger partial charge is 0.478 e. The number of carboxylic acid groups (broad SMARTS) is 1. The Balaban J connectivity index is 1.95. The molecule has 0 bridgehead atoms. The molecule has 122 valence electrons. The van der Waals surface area contributed by atoms with Crippen LogP contribution in [0.2, 0.25) is 0 Å². The van der Waals surface area contributed by atoms with Gasteiger partial charge in [-0.2, -0.15) is 0 Å². The molecule has 1 aromatic heterocycles. The Kier molecular flexibility index (Phi) is 4.89. The van der Waals surface area contributed by atoms with Crippen LogP contribution in [0.3, 0.4) is 0 Å². The molecular formula is C18H21NO4. The number of carboxylic acids is 1. The second-order valence-electron chi connectivity index (χ2n) is 6.19. The third kappa shape index (κ3) is 4.22. The third-order valence-electron chi connectivity index (χ3n) is 3.82. The minimum absolute atomic E-state index is 0.107. The molecule has 2 rings (SSSR count). The molecule has 5 nitrogen and oxygen atoms in total. The molecule has 0 unspecified atom stereocenters. The second kappa shape index (κ2) is 6.69. The maximum absolute atomic E-state index is 12.2. The molecule has 0 spiro atoms. The third-order valence-corrected chi connectivity index (χ3v) is 3.82. The Hall–Kier alpha value is -2.56. The molecule has 0 aliphatic rings. The number of carbonyl (C=O) groups excluding carboxylic acids is 1. The van der Waals surface area contributed by atoms with Gasteiger partial charge in [0.1, 0.15) is 17.1 Å². The van der Waals surface area contributed by atoms with Gasteiger partial charge in [0.15, 0.2) is 0 Å². The Morgan fingerprint density at radius 3 is 2.43 bits per heavy atom. The number of carbonyl (C=O) groups is 2. The standard InChI is InChI=1S/C18H21NO4/c1-12-15(17(21)22)9-14(23-12)11-19-16(20)10-18(2,3)13-7-5-4-6-8-13/h4-9H,10-11H2,1-3H3,(H,19,20)(H,21,22). The van der Waals surface area contributed by atoms with Crippen LogP contribution in [-0.2, 0) is 16.8 Å². The molecule has 0 saturated carbocycles. The van der Waals surface area contributed by atoms with Crippen molar-refractivity contribution in [3.63, 3.8) is 0 Å². The van der Waals surface area contributed by atoms with E-state index in [2.05, 4.69) is 5.32 Å². The molecule has 1 heterocycles. The van der Waals surface area contributed by atoms with Crippen LogP contribution >= 0.6 is 0 Å². The average Bonchev–Trinajstić information content (AvgIpc) is 2.87. The molecule has 0 fully saturated rings. The number of hydrogen-bond donors (Lipinski definition) is 2. The van der Waals surface area contributed by atoms with E-state index in [1.54, 1.807) is 6.92 Å².